The summed E-state index contributed by atoms with van der Waals surface area (Å²) in [5.41, 5.74) is 2.46. The second-order valence-corrected chi connectivity index (χ2v) is 4.93. The summed E-state index contributed by atoms with van der Waals surface area (Å²) >= 11 is 3.55. The number of rotatable bonds is 4. The molecule has 0 aliphatic rings. The second kappa shape index (κ2) is 5.47. The Labute approximate surface area is 110 Å². The topological polar surface area (TPSA) is 29.9 Å². The molecule has 0 amide bonds. The highest BCUT2D eigenvalue weighted by atomic mass is 79.9. The van der Waals surface area contributed by atoms with E-state index in [-0.39, 0.29) is 6.04 Å². The van der Waals surface area contributed by atoms with Gasteiger partial charge in [0.25, 0.3) is 0 Å². The summed E-state index contributed by atoms with van der Waals surface area (Å²) in [7, 11) is 1.96. The molecule has 0 bridgehead atoms. The zero-order chi connectivity index (χ0) is 12.3. The number of nitrogens with zero attached hydrogens (tertiary/aromatic N) is 2. The van der Waals surface area contributed by atoms with Crippen molar-refractivity contribution >= 4 is 15.9 Å². The van der Waals surface area contributed by atoms with Crippen LogP contribution in [0.1, 0.15) is 24.2 Å². The monoisotopic (exact) mass is 293 g/mol. The van der Waals surface area contributed by atoms with E-state index < -0.39 is 0 Å². The predicted molar refractivity (Wildman–Crippen MR) is 72.6 cm³/mol. The highest BCUT2D eigenvalue weighted by Crippen LogP contribution is 2.17. The Morgan fingerprint density at radius 1 is 1.35 bits per heavy atom. The van der Waals surface area contributed by atoms with Crippen LogP contribution in [-0.2, 0) is 13.6 Å². The van der Waals surface area contributed by atoms with Gasteiger partial charge in [-0.25, -0.2) is 0 Å². The Hall–Kier alpha value is -1.13. The molecule has 1 N–H and O–H groups in total. The van der Waals surface area contributed by atoms with E-state index in [2.05, 4.69) is 51.5 Å². The Balaban J connectivity index is 2.00. The van der Waals surface area contributed by atoms with Gasteiger partial charge < -0.3 is 5.32 Å². The third-order valence-electron chi connectivity index (χ3n) is 2.86. The van der Waals surface area contributed by atoms with Crippen LogP contribution in [0.15, 0.2) is 41.0 Å². The number of aromatic nitrogens is 2. The maximum Gasteiger partial charge on any atom is 0.0547 e. The summed E-state index contributed by atoms with van der Waals surface area (Å²) in [5.74, 6) is 0. The van der Waals surface area contributed by atoms with Crippen LogP contribution < -0.4 is 5.32 Å². The summed E-state index contributed by atoms with van der Waals surface area (Å²) in [6, 6.07) is 10.6. The predicted octanol–water partition coefficient (Wildman–Crippen LogP) is 3.03. The third kappa shape index (κ3) is 2.96. The third-order valence-corrected chi connectivity index (χ3v) is 3.63. The molecule has 0 fully saturated rings. The second-order valence-electron chi connectivity index (χ2n) is 4.07. The Bertz CT molecular complexity index is 493. The fourth-order valence-corrected chi connectivity index (χ4v) is 2.24. The molecule has 1 heterocycles. The standard InChI is InChI=1S/C13H16BrN3/c1-10(13-7-8-16-17(13)2)15-9-11-5-3-4-6-12(11)14/h3-8,10,15H,9H2,1-2H3. The lowest BCUT2D eigenvalue weighted by Gasteiger charge is -2.14. The molecule has 4 heteroatoms. The van der Waals surface area contributed by atoms with Gasteiger partial charge in [0.1, 0.15) is 0 Å². The molecule has 0 saturated carbocycles. The largest absolute Gasteiger partial charge is 0.305 e. The van der Waals surface area contributed by atoms with Crippen LogP contribution in [0.2, 0.25) is 0 Å². The van der Waals surface area contributed by atoms with Gasteiger partial charge in [0.2, 0.25) is 0 Å². The van der Waals surface area contributed by atoms with Gasteiger partial charge in [0.15, 0.2) is 0 Å². The molecule has 0 spiro atoms. The molecule has 3 nitrogen and oxygen atoms in total. The lowest BCUT2D eigenvalue weighted by Crippen LogP contribution is -2.20. The number of nitrogens with one attached hydrogen (secondary N) is 1. The summed E-state index contributed by atoms with van der Waals surface area (Å²) in [6.45, 7) is 2.99. The number of aryl methyl sites for hydroxylation is 1. The minimum atomic E-state index is 0.287. The molecule has 1 aromatic heterocycles. The summed E-state index contributed by atoms with van der Waals surface area (Å²) in [5, 5.41) is 7.67. The molecule has 90 valence electrons. The van der Waals surface area contributed by atoms with Crippen molar-refractivity contribution in [2.75, 3.05) is 0 Å². The highest BCUT2D eigenvalue weighted by Gasteiger charge is 2.09. The first-order valence-electron chi connectivity index (χ1n) is 5.63. The first-order valence-corrected chi connectivity index (χ1v) is 6.42. The van der Waals surface area contributed by atoms with Crippen LogP contribution >= 0.6 is 15.9 Å². The lowest BCUT2D eigenvalue weighted by molar-refractivity contribution is 0.529. The summed E-state index contributed by atoms with van der Waals surface area (Å²) in [4.78, 5) is 0. The Morgan fingerprint density at radius 3 is 2.76 bits per heavy atom. The normalized spacial score (nSPS) is 12.6. The summed E-state index contributed by atoms with van der Waals surface area (Å²) in [6.07, 6.45) is 1.83. The molecule has 1 unspecified atom stereocenters. The number of hydrogen-bond donors (Lipinski definition) is 1. The van der Waals surface area contributed by atoms with Crippen molar-refractivity contribution in [2.45, 2.75) is 19.5 Å². The van der Waals surface area contributed by atoms with Crippen molar-refractivity contribution in [3.8, 4) is 0 Å². The minimum absolute atomic E-state index is 0.287. The van der Waals surface area contributed by atoms with E-state index in [4.69, 9.17) is 0 Å². The van der Waals surface area contributed by atoms with Crippen LogP contribution in [0.5, 0.6) is 0 Å². The van der Waals surface area contributed by atoms with E-state index in [9.17, 15) is 0 Å². The maximum atomic E-state index is 4.18. The molecule has 0 saturated heterocycles. The molecule has 1 atom stereocenters. The zero-order valence-corrected chi connectivity index (χ0v) is 11.6. The lowest BCUT2D eigenvalue weighted by atomic mass is 10.2. The smallest absolute Gasteiger partial charge is 0.0547 e. The van der Waals surface area contributed by atoms with Crippen molar-refractivity contribution in [1.82, 2.24) is 15.1 Å². The van der Waals surface area contributed by atoms with Crippen molar-refractivity contribution in [1.29, 1.82) is 0 Å². The summed E-state index contributed by atoms with van der Waals surface area (Å²) < 4.78 is 3.04. The van der Waals surface area contributed by atoms with E-state index in [0.29, 0.717) is 0 Å². The number of halogens is 1. The zero-order valence-electron chi connectivity index (χ0n) is 10.0. The SMILES string of the molecule is CC(NCc1ccccc1Br)c1ccnn1C. The van der Waals surface area contributed by atoms with Gasteiger partial charge in [0, 0.05) is 30.3 Å². The van der Waals surface area contributed by atoms with Crippen molar-refractivity contribution in [2.24, 2.45) is 7.05 Å². The first kappa shape index (κ1) is 12.3. The van der Waals surface area contributed by atoms with Crippen LogP contribution in [0.25, 0.3) is 0 Å². The van der Waals surface area contributed by atoms with Crippen molar-refractivity contribution in [3.05, 3.63) is 52.3 Å². The molecule has 0 aliphatic heterocycles. The van der Waals surface area contributed by atoms with Crippen LogP contribution in [-0.4, -0.2) is 9.78 Å². The van der Waals surface area contributed by atoms with Gasteiger partial charge in [-0.2, -0.15) is 5.10 Å². The van der Waals surface area contributed by atoms with Gasteiger partial charge in [-0.3, -0.25) is 4.68 Å². The van der Waals surface area contributed by atoms with E-state index in [1.807, 2.05) is 30.1 Å². The van der Waals surface area contributed by atoms with E-state index in [0.717, 1.165) is 11.0 Å². The highest BCUT2D eigenvalue weighted by molar-refractivity contribution is 9.10. The van der Waals surface area contributed by atoms with Crippen LogP contribution in [0.3, 0.4) is 0 Å². The fraction of sp³-hybridized carbons (Fsp3) is 0.308. The Morgan fingerprint density at radius 2 is 2.12 bits per heavy atom. The molecule has 17 heavy (non-hydrogen) atoms. The van der Waals surface area contributed by atoms with Gasteiger partial charge in [-0.15, -0.1) is 0 Å². The van der Waals surface area contributed by atoms with Gasteiger partial charge in [-0.05, 0) is 24.6 Å². The minimum Gasteiger partial charge on any atom is -0.305 e. The number of benzene rings is 1. The molecule has 2 aromatic rings. The maximum absolute atomic E-state index is 4.18. The Kier molecular flexibility index (Phi) is 3.97. The molecular formula is C13H16BrN3. The van der Waals surface area contributed by atoms with E-state index in [1.165, 1.54) is 11.3 Å². The quantitative estimate of drug-likeness (QED) is 0.939. The van der Waals surface area contributed by atoms with E-state index >= 15 is 0 Å². The average molecular weight is 294 g/mol. The van der Waals surface area contributed by atoms with Gasteiger partial charge >= 0.3 is 0 Å². The first-order chi connectivity index (χ1) is 8.18. The average Bonchev–Trinajstić information content (AvgIpc) is 2.74. The van der Waals surface area contributed by atoms with Gasteiger partial charge in [-0.1, -0.05) is 34.1 Å². The molecular weight excluding hydrogens is 278 g/mol. The van der Waals surface area contributed by atoms with Crippen LogP contribution in [0.4, 0.5) is 0 Å². The van der Waals surface area contributed by atoms with Crippen molar-refractivity contribution < 1.29 is 0 Å². The van der Waals surface area contributed by atoms with E-state index in [1.54, 1.807) is 0 Å². The van der Waals surface area contributed by atoms with Crippen LogP contribution in [0, 0.1) is 0 Å². The molecule has 1 aromatic carbocycles. The number of hydrogen-bond acceptors (Lipinski definition) is 2. The fourth-order valence-electron chi connectivity index (χ4n) is 1.82. The molecule has 0 radical (unpaired) electrons. The van der Waals surface area contributed by atoms with Crippen molar-refractivity contribution in [3.63, 3.8) is 0 Å². The molecule has 2 rings (SSSR count). The molecule has 0 aliphatic carbocycles. The van der Waals surface area contributed by atoms with Gasteiger partial charge in [0.05, 0.1) is 5.69 Å².